The van der Waals surface area contributed by atoms with Gasteiger partial charge in [-0.3, -0.25) is 4.79 Å². The lowest BCUT2D eigenvalue weighted by atomic mass is 10.1. The predicted molar refractivity (Wildman–Crippen MR) is 111 cm³/mol. The lowest BCUT2D eigenvalue weighted by Gasteiger charge is -2.34. The highest BCUT2D eigenvalue weighted by Crippen LogP contribution is 2.25. The van der Waals surface area contributed by atoms with Crippen molar-refractivity contribution in [3.63, 3.8) is 0 Å². The van der Waals surface area contributed by atoms with Crippen molar-refractivity contribution in [2.75, 3.05) is 13.1 Å². The van der Waals surface area contributed by atoms with E-state index in [0.29, 0.717) is 0 Å². The maximum Gasteiger partial charge on any atom is 0.343 e. The topological polar surface area (TPSA) is 90.0 Å². The predicted octanol–water partition coefficient (Wildman–Crippen LogP) is 3.44. The number of carbonyl (C=O) groups is 2. The van der Waals surface area contributed by atoms with Gasteiger partial charge in [0.1, 0.15) is 11.6 Å². The number of hydrogen-bond acceptors (Lipinski definition) is 6. The second kappa shape index (κ2) is 9.25. The van der Waals surface area contributed by atoms with Crippen LogP contribution in [0.15, 0.2) is 47.4 Å². The van der Waals surface area contributed by atoms with Gasteiger partial charge in [-0.1, -0.05) is 13.0 Å². The first kappa shape index (κ1) is 23.1. The van der Waals surface area contributed by atoms with E-state index in [9.17, 15) is 22.4 Å². The molecule has 1 aliphatic heterocycles. The van der Waals surface area contributed by atoms with Gasteiger partial charge in [0.25, 0.3) is 0 Å². The van der Waals surface area contributed by atoms with Crippen molar-refractivity contribution in [2.24, 2.45) is 0 Å². The summed E-state index contributed by atoms with van der Waals surface area (Å²) in [5.41, 5.74) is -0.0504. The second-order valence-electron chi connectivity index (χ2n) is 7.41. The molecule has 31 heavy (non-hydrogen) atoms. The molecule has 0 bridgehead atoms. The highest BCUT2D eigenvalue weighted by Gasteiger charge is 2.32. The van der Waals surface area contributed by atoms with Crippen molar-refractivity contribution >= 4 is 21.8 Å². The number of sulfonamides is 1. The zero-order chi connectivity index (χ0) is 22.8. The van der Waals surface area contributed by atoms with E-state index in [-0.39, 0.29) is 59.3 Å². The summed E-state index contributed by atoms with van der Waals surface area (Å²) in [6.07, 6.45) is -0.391. The number of carbonyl (C=O) groups excluding carboxylic acids is 2. The fourth-order valence-electron chi connectivity index (χ4n) is 3.42. The summed E-state index contributed by atoms with van der Waals surface area (Å²) in [6.45, 7) is 5.62. The first-order valence-electron chi connectivity index (χ1n) is 9.92. The fourth-order valence-corrected chi connectivity index (χ4v) is 5.05. The van der Waals surface area contributed by atoms with E-state index < -0.39 is 21.8 Å². The van der Waals surface area contributed by atoms with Gasteiger partial charge in [0.15, 0.2) is 5.78 Å². The number of Topliss-reactive ketones (excluding diaryl/α,β-unsaturated/α-hetero) is 1. The molecule has 0 saturated carbocycles. The minimum atomic E-state index is -3.85. The number of morpholine rings is 1. The number of ether oxygens (including phenoxy) is 2. The number of nitrogens with zero attached hydrogens (tertiary/aromatic N) is 1. The number of halogens is 1. The van der Waals surface area contributed by atoms with E-state index >= 15 is 0 Å². The van der Waals surface area contributed by atoms with Crippen LogP contribution in [0.25, 0.3) is 0 Å². The van der Waals surface area contributed by atoms with Crippen LogP contribution in [0.2, 0.25) is 0 Å². The van der Waals surface area contributed by atoms with Crippen LogP contribution in [0, 0.1) is 5.82 Å². The molecule has 166 valence electrons. The molecule has 0 aromatic heterocycles. The number of hydrogen-bond donors (Lipinski definition) is 0. The summed E-state index contributed by atoms with van der Waals surface area (Å²) in [7, 11) is -3.85. The van der Waals surface area contributed by atoms with Crippen LogP contribution < -0.4 is 4.74 Å². The van der Waals surface area contributed by atoms with Crippen LogP contribution in [0.1, 0.15) is 47.9 Å². The Morgan fingerprint density at radius 2 is 1.81 bits per heavy atom. The van der Waals surface area contributed by atoms with E-state index in [1.165, 1.54) is 34.6 Å². The largest absolute Gasteiger partial charge is 0.422 e. The van der Waals surface area contributed by atoms with Crippen LogP contribution in [-0.4, -0.2) is 49.8 Å². The van der Waals surface area contributed by atoms with E-state index in [2.05, 4.69) is 0 Å². The van der Waals surface area contributed by atoms with Crippen LogP contribution in [0.5, 0.6) is 5.75 Å². The van der Waals surface area contributed by atoms with Gasteiger partial charge in [-0.15, -0.1) is 0 Å². The van der Waals surface area contributed by atoms with Crippen molar-refractivity contribution in [3.05, 3.63) is 59.4 Å². The highest BCUT2D eigenvalue weighted by molar-refractivity contribution is 7.89. The van der Waals surface area contributed by atoms with Crippen LogP contribution in [0.3, 0.4) is 0 Å². The smallest absolute Gasteiger partial charge is 0.343 e. The number of rotatable bonds is 6. The summed E-state index contributed by atoms with van der Waals surface area (Å²) >= 11 is 0. The fraction of sp³-hybridized carbons (Fsp3) is 0.364. The maximum absolute atomic E-state index is 13.5. The van der Waals surface area contributed by atoms with Gasteiger partial charge in [0.05, 0.1) is 28.2 Å². The van der Waals surface area contributed by atoms with Gasteiger partial charge in [-0.25, -0.2) is 17.6 Å². The van der Waals surface area contributed by atoms with E-state index in [1.807, 2.05) is 0 Å². The second-order valence-corrected chi connectivity index (χ2v) is 9.35. The molecule has 3 rings (SSSR count). The molecule has 2 atom stereocenters. The average molecular weight is 450 g/mol. The van der Waals surface area contributed by atoms with Crippen molar-refractivity contribution < 1.29 is 31.9 Å². The molecule has 0 spiro atoms. The monoisotopic (exact) mass is 449 g/mol. The van der Waals surface area contributed by atoms with E-state index in [1.54, 1.807) is 20.8 Å². The van der Waals surface area contributed by atoms with Crippen LogP contribution in [-0.2, 0) is 14.8 Å². The van der Waals surface area contributed by atoms with Gasteiger partial charge in [0.2, 0.25) is 10.0 Å². The Bertz CT molecular complexity index is 1090. The summed E-state index contributed by atoms with van der Waals surface area (Å²) < 4.78 is 51.9. The molecule has 2 aromatic carbocycles. The van der Waals surface area contributed by atoms with Crippen molar-refractivity contribution in [2.45, 2.75) is 44.3 Å². The third-order valence-electron chi connectivity index (χ3n) is 4.86. The van der Waals surface area contributed by atoms with Gasteiger partial charge in [0, 0.05) is 19.5 Å². The first-order chi connectivity index (χ1) is 14.6. The molecular weight excluding hydrogens is 425 g/mol. The molecule has 2 aromatic rings. The number of benzene rings is 2. The van der Waals surface area contributed by atoms with Gasteiger partial charge in [-0.2, -0.15) is 4.31 Å². The van der Waals surface area contributed by atoms with Gasteiger partial charge >= 0.3 is 5.97 Å². The SMILES string of the molecule is CCC(=O)c1cc(F)ccc1OC(=O)c1cccc(S(=O)(=O)N2C[C@H](C)O[C@@H](C)C2)c1. The lowest BCUT2D eigenvalue weighted by Crippen LogP contribution is -2.48. The Balaban J connectivity index is 1.87. The Morgan fingerprint density at radius 1 is 1.13 bits per heavy atom. The van der Waals surface area contributed by atoms with Crippen LogP contribution in [0.4, 0.5) is 4.39 Å². The molecule has 0 amide bonds. The molecule has 9 heteroatoms. The number of esters is 1. The summed E-state index contributed by atoms with van der Waals surface area (Å²) in [5, 5.41) is 0. The molecule has 0 N–H and O–H groups in total. The molecular formula is C22H24FNO6S. The Hall–Kier alpha value is -2.62. The molecule has 0 aliphatic carbocycles. The molecule has 1 heterocycles. The zero-order valence-corrected chi connectivity index (χ0v) is 18.3. The summed E-state index contributed by atoms with van der Waals surface area (Å²) in [6, 6.07) is 8.78. The van der Waals surface area contributed by atoms with Crippen LogP contribution >= 0.6 is 0 Å². The quantitative estimate of drug-likeness (QED) is 0.381. The third-order valence-corrected chi connectivity index (χ3v) is 6.69. The molecule has 0 radical (unpaired) electrons. The van der Waals surface area contributed by atoms with Crippen molar-refractivity contribution in [3.8, 4) is 5.75 Å². The van der Waals surface area contributed by atoms with Crippen molar-refractivity contribution in [1.82, 2.24) is 4.31 Å². The Labute approximate surface area is 180 Å². The maximum atomic E-state index is 13.5. The molecule has 1 fully saturated rings. The minimum Gasteiger partial charge on any atom is -0.422 e. The molecule has 0 unspecified atom stereocenters. The summed E-state index contributed by atoms with van der Waals surface area (Å²) in [5.74, 6) is -1.94. The molecule has 1 saturated heterocycles. The Kier molecular flexibility index (Phi) is 6.88. The van der Waals surface area contributed by atoms with Crippen molar-refractivity contribution in [1.29, 1.82) is 0 Å². The lowest BCUT2D eigenvalue weighted by molar-refractivity contribution is -0.0440. The van der Waals surface area contributed by atoms with Gasteiger partial charge < -0.3 is 9.47 Å². The normalized spacial score (nSPS) is 19.7. The first-order valence-corrected chi connectivity index (χ1v) is 11.4. The number of ketones is 1. The van der Waals surface area contributed by atoms with E-state index in [4.69, 9.17) is 9.47 Å². The minimum absolute atomic E-state index is 0.00495. The standard InChI is InChI=1S/C22H24FNO6S/c1-4-20(25)19-11-17(23)8-9-21(19)30-22(26)16-6-5-7-18(10-16)31(27,28)24-12-14(2)29-15(3)13-24/h5-11,14-15H,4,12-13H2,1-3H3/t14-,15-/m0/s1. The Morgan fingerprint density at radius 3 is 2.45 bits per heavy atom. The van der Waals surface area contributed by atoms with Gasteiger partial charge in [-0.05, 0) is 50.2 Å². The summed E-state index contributed by atoms with van der Waals surface area (Å²) in [4.78, 5) is 24.7. The third kappa shape index (κ3) is 5.17. The van der Waals surface area contributed by atoms with E-state index in [0.717, 1.165) is 12.1 Å². The zero-order valence-electron chi connectivity index (χ0n) is 17.5. The highest BCUT2D eigenvalue weighted by atomic mass is 32.2. The molecule has 7 nitrogen and oxygen atoms in total. The average Bonchev–Trinajstić information content (AvgIpc) is 2.73. The molecule has 1 aliphatic rings.